The van der Waals surface area contributed by atoms with Crippen LogP contribution in [0.25, 0.3) is 0 Å². The van der Waals surface area contributed by atoms with E-state index in [0.29, 0.717) is 37.7 Å². The number of nitrogens with one attached hydrogen (secondary N) is 1. The standard InChI is InChI=1S/C23H29FN4O5S/c1-17-2-7-21(33-17)23(30)25-19-8-10-26(11-9-19)16-22(29)27-12-14-28(15-13-27)34(31,32)20-5-3-18(24)4-6-20/h2-7,19H,8-16H2,1H3,(H,25,30). The summed E-state index contributed by atoms with van der Waals surface area (Å²) in [5, 5.41) is 2.98. The number of rotatable bonds is 6. The Morgan fingerprint density at radius 1 is 1.00 bits per heavy atom. The topological polar surface area (TPSA) is 103 Å². The molecule has 2 saturated heterocycles. The molecule has 2 aliphatic rings. The molecule has 0 radical (unpaired) electrons. The molecule has 2 aromatic rings. The van der Waals surface area contributed by atoms with Gasteiger partial charge < -0.3 is 14.6 Å². The Kier molecular flexibility index (Phi) is 7.34. The second kappa shape index (κ2) is 10.2. The van der Waals surface area contributed by atoms with Gasteiger partial charge in [0.15, 0.2) is 5.76 Å². The number of nitrogens with zero attached hydrogens (tertiary/aromatic N) is 3. The van der Waals surface area contributed by atoms with Crippen LogP contribution < -0.4 is 5.32 Å². The lowest BCUT2D eigenvalue weighted by atomic mass is 10.0. The minimum Gasteiger partial charge on any atom is -0.456 e. The van der Waals surface area contributed by atoms with E-state index in [2.05, 4.69) is 10.2 Å². The van der Waals surface area contributed by atoms with Gasteiger partial charge >= 0.3 is 0 Å². The van der Waals surface area contributed by atoms with Crippen LogP contribution in [0.15, 0.2) is 45.7 Å². The number of carbonyl (C=O) groups is 2. The molecule has 2 aliphatic heterocycles. The third-order valence-electron chi connectivity index (χ3n) is 6.29. The molecule has 11 heteroatoms. The highest BCUT2D eigenvalue weighted by Crippen LogP contribution is 2.19. The van der Waals surface area contributed by atoms with Gasteiger partial charge in [-0.05, 0) is 56.2 Å². The molecule has 0 saturated carbocycles. The molecule has 2 fully saturated rings. The molecule has 1 aromatic carbocycles. The second-order valence-electron chi connectivity index (χ2n) is 8.67. The summed E-state index contributed by atoms with van der Waals surface area (Å²) in [6, 6.07) is 8.20. The molecule has 0 unspecified atom stereocenters. The van der Waals surface area contributed by atoms with Crippen LogP contribution in [0.1, 0.15) is 29.2 Å². The summed E-state index contributed by atoms with van der Waals surface area (Å²) in [5.41, 5.74) is 0. The van der Waals surface area contributed by atoms with E-state index in [1.165, 1.54) is 16.4 Å². The lowest BCUT2D eigenvalue weighted by Gasteiger charge is -2.36. The molecule has 34 heavy (non-hydrogen) atoms. The van der Waals surface area contributed by atoms with Crippen molar-refractivity contribution in [1.82, 2.24) is 19.4 Å². The first kappa shape index (κ1) is 24.4. The van der Waals surface area contributed by atoms with Gasteiger partial charge in [0.25, 0.3) is 5.91 Å². The Hall–Kier alpha value is -2.76. The van der Waals surface area contributed by atoms with Crippen LogP contribution in [-0.2, 0) is 14.8 Å². The lowest BCUT2D eigenvalue weighted by molar-refractivity contribution is -0.133. The number of furan rings is 1. The SMILES string of the molecule is Cc1ccc(C(=O)NC2CCN(CC(=O)N3CCN(S(=O)(=O)c4ccc(F)cc4)CC3)CC2)o1. The van der Waals surface area contributed by atoms with Gasteiger partial charge in [0.2, 0.25) is 15.9 Å². The number of carbonyl (C=O) groups excluding carboxylic acids is 2. The summed E-state index contributed by atoms with van der Waals surface area (Å²) >= 11 is 0. The number of amides is 2. The highest BCUT2D eigenvalue weighted by atomic mass is 32.2. The molecule has 2 amide bonds. The van der Waals surface area contributed by atoms with Gasteiger partial charge in [0, 0.05) is 45.3 Å². The van der Waals surface area contributed by atoms with Crippen LogP contribution in [0.2, 0.25) is 0 Å². The monoisotopic (exact) mass is 492 g/mol. The van der Waals surface area contributed by atoms with E-state index >= 15 is 0 Å². The number of benzene rings is 1. The van der Waals surface area contributed by atoms with Crippen LogP contribution in [0, 0.1) is 12.7 Å². The zero-order valence-electron chi connectivity index (χ0n) is 19.1. The van der Waals surface area contributed by atoms with Crippen LogP contribution in [0.5, 0.6) is 0 Å². The Morgan fingerprint density at radius 2 is 1.65 bits per heavy atom. The largest absolute Gasteiger partial charge is 0.456 e. The zero-order chi connectivity index (χ0) is 24.3. The fourth-order valence-corrected chi connectivity index (χ4v) is 5.70. The van der Waals surface area contributed by atoms with Crippen molar-refractivity contribution in [2.24, 2.45) is 0 Å². The average Bonchev–Trinajstić information content (AvgIpc) is 3.27. The van der Waals surface area contributed by atoms with E-state index in [1.54, 1.807) is 24.0 Å². The van der Waals surface area contributed by atoms with Crippen molar-refractivity contribution in [2.45, 2.75) is 30.7 Å². The van der Waals surface area contributed by atoms with Gasteiger partial charge in [-0.1, -0.05) is 0 Å². The highest BCUT2D eigenvalue weighted by Gasteiger charge is 2.31. The van der Waals surface area contributed by atoms with Gasteiger partial charge in [-0.15, -0.1) is 0 Å². The smallest absolute Gasteiger partial charge is 0.287 e. The Morgan fingerprint density at radius 3 is 2.24 bits per heavy atom. The summed E-state index contributed by atoms with van der Waals surface area (Å²) in [6.07, 6.45) is 1.48. The van der Waals surface area contributed by atoms with Gasteiger partial charge in [-0.3, -0.25) is 14.5 Å². The number of hydrogen-bond donors (Lipinski definition) is 1. The van der Waals surface area contributed by atoms with Gasteiger partial charge in [0.1, 0.15) is 11.6 Å². The molecular weight excluding hydrogens is 463 g/mol. The second-order valence-corrected chi connectivity index (χ2v) is 10.6. The van der Waals surface area contributed by atoms with Gasteiger partial charge in [0.05, 0.1) is 11.4 Å². The van der Waals surface area contributed by atoms with E-state index < -0.39 is 15.8 Å². The summed E-state index contributed by atoms with van der Waals surface area (Å²) in [4.78, 5) is 28.8. The summed E-state index contributed by atoms with van der Waals surface area (Å²) in [7, 11) is -3.71. The Labute approximate surface area is 198 Å². The van der Waals surface area contributed by atoms with Crippen molar-refractivity contribution in [1.29, 1.82) is 0 Å². The lowest BCUT2D eigenvalue weighted by Crippen LogP contribution is -2.53. The number of sulfonamides is 1. The summed E-state index contributed by atoms with van der Waals surface area (Å²) < 4.78 is 45.3. The fraction of sp³-hybridized carbons (Fsp3) is 0.478. The third-order valence-corrected chi connectivity index (χ3v) is 8.20. The van der Waals surface area contributed by atoms with Crippen molar-refractivity contribution >= 4 is 21.8 Å². The molecule has 1 aromatic heterocycles. The van der Waals surface area contributed by atoms with Gasteiger partial charge in [-0.2, -0.15) is 4.31 Å². The van der Waals surface area contributed by atoms with Crippen LogP contribution >= 0.6 is 0 Å². The molecule has 3 heterocycles. The number of piperazine rings is 1. The van der Waals surface area contributed by atoms with E-state index in [-0.39, 0.29) is 42.4 Å². The number of piperidine rings is 1. The quantitative estimate of drug-likeness (QED) is 0.655. The molecule has 9 nitrogen and oxygen atoms in total. The number of aryl methyl sites for hydroxylation is 1. The third kappa shape index (κ3) is 5.65. The maximum atomic E-state index is 13.1. The van der Waals surface area contributed by atoms with E-state index in [0.717, 1.165) is 25.0 Å². The van der Waals surface area contributed by atoms with Crippen molar-refractivity contribution in [2.75, 3.05) is 45.8 Å². The summed E-state index contributed by atoms with van der Waals surface area (Å²) in [6.45, 7) is 4.46. The van der Waals surface area contributed by atoms with Crippen LogP contribution in [0.4, 0.5) is 4.39 Å². The first-order chi connectivity index (χ1) is 16.2. The van der Waals surface area contributed by atoms with Crippen LogP contribution in [0.3, 0.4) is 0 Å². The molecular formula is C23H29FN4O5S. The zero-order valence-corrected chi connectivity index (χ0v) is 19.9. The average molecular weight is 493 g/mol. The number of halogens is 1. The van der Waals surface area contributed by atoms with E-state index in [1.807, 2.05) is 0 Å². The first-order valence-electron chi connectivity index (χ1n) is 11.4. The minimum atomic E-state index is -3.71. The minimum absolute atomic E-state index is 0.0319. The van der Waals surface area contributed by atoms with Gasteiger partial charge in [-0.25, -0.2) is 12.8 Å². The van der Waals surface area contributed by atoms with E-state index in [4.69, 9.17) is 4.42 Å². The normalized spacial score (nSPS) is 18.7. The van der Waals surface area contributed by atoms with Crippen LogP contribution in [-0.4, -0.2) is 86.2 Å². The maximum absolute atomic E-state index is 13.1. The maximum Gasteiger partial charge on any atom is 0.287 e. The molecule has 4 rings (SSSR count). The Bertz CT molecular complexity index is 1120. The van der Waals surface area contributed by atoms with Crippen molar-refractivity contribution < 1.29 is 26.8 Å². The molecule has 0 spiro atoms. The molecule has 0 atom stereocenters. The molecule has 0 aliphatic carbocycles. The predicted octanol–water partition coefficient (Wildman–Crippen LogP) is 1.45. The number of likely N-dealkylation sites (tertiary alicyclic amines) is 1. The molecule has 0 bridgehead atoms. The Balaban J connectivity index is 1.21. The number of hydrogen-bond acceptors (Lipinski definition) is 6. The van der Waals surface area contributed by atoms with Crippen molar-refractivity contribution in [3.05, 3.63) is 53.7 Å². The van der Waals surface area contributed by atoms with Crippen molar-refractivity contribution in [3.8, 4) is 0 Å². The first-order valence-corrected chi connectivity index (χ1v) is 12.8. The highest BCUT2D eigenvalue weighted by molar-refractivity contribution is 7.89. The molecule has 184 valence electrons. The molecule has 1 N–H and O–H groups in total. The summed E-state index contributed by atoms with van der Waals surface area (Å²) in [5.74, 6) is 0.236. The predicted molar refractivity (Wildman–Crippen MR) is 122 cm³/mol. The van der Waals surface area contributed by atoms with E-state index in [9.17, 15) is 22.4 Å². The fourth-order valence-electron chi connectivity index (χ4n) is 4.27. The van der Waals surface area contributed by atoms with Crippen molar-refractivity contribution in [3.63, 3.8) is 0 Å².